The summed E-state index contributed by atoms with van der Waals surface area (Å²) in [6, 6.07) is 8.63. The van der Waals surface area contributed by atoms with E-state index in [0.29, 0.717) is 16.8 Å². The lowest BCUT2D eigenvalue weighted by molar-refractivity contribution is -0.385. The van der Waals surface area contributed by atoms with Crippen LogP contribution in [-0.2, 0) is 11.2 Å². The molecule has 0 unspecified atom stereocenters. The third-order valence-corrected chi connectivity index (χ3v) is 3.96. The third kappa shape index (κ3) is 3.98. The monoisotopic (exact) mass is 317 g/mol. The largest absolute Gasteiger partial charge is 0.273 e. The zero-order valence-corrected chi connectivity index (χ0v) is 13.0. The van der Waals surface area contributed by atoms with E-state index in [1.165, 1.54) is 17.4 Å². The molecule has 0 spiro atoms. The van der Waals surface area contributed by atoms with Crippen LogP contribution in [-0.4, -0.2) is 16.5 Å². The van der Waals surface area contributed by atoms with Gasteiger partial charge in [0.05, 0.1) is 17.1 Å². The van der Waals surface area contributed by atoms with Crippen molar-refractivity contribution in [3.63, 3.8) is 0 Å². The highest BCUT2D eigenvalue weighted by Gasteiger charge is 2.12. The predicted octanol–water partition coefficient (Wildman–Crippen LogP) is 3.05. The van der Waals surface area contributed by atoms with Gasteiger partial charge in [-0.1, -0.05) is 18.2 Å². The molecule has 7 heteroatoms. The van der Waals surface area contributed by atoms with Crippen LogP contribution in [0.25, 0.3) is 0 Å². The van der Waals surface area contributed by atoms with Crippen LogP contribution in [0.4, 0.5) is 5.69 Å². The van der Waals surface area contributed by atoms with Gasteiger partial charge < -0.3 is 0 Å². The molecule has 0 aliphatic heterocycles. The molecule has 0 bridgehead atoms. The minimum atomic E-state index is -0.429. The van der Waals surface area contributed by atoms with Crippen molar-refractivity contribution in [3.8, 4) is 0 Å². The van der Waals surface area contributed by atoms with Crippen LogP contribution in [0.5, 0.6) is 0 Å². The average Bonchev–Trinajstić information content (AvgIpc) is 2.97. The van der Waals surface area contributed by atoms with Crippen molar-refractivity contribution < 1.29 is 9.72 Å². The molecule has 1 heterocycles. The molecule has 6 nitrogen and oxygen atoms in total. The molecule has 1 N–H and O–H groups in total. The number of hydrazone groups is 1. The smallest absolute Gasteiger partial charge is 0.272 e. The van der Waals surface area contributed by atoms with E-state index < -0.39 is 4.92 Å². The van der Waals surface area contributed by atoms with Crippen molar-refractivity contribution in [2.24, 2.45) is 5.10 Å². The van der Waals surface area contributed by atoms with Gasteiger partial charge in [-0.15, -0.1) is 11.3 Å². The Balaban J connectivity index is 2.07. The first kappa shape index (κ1) is 15.8. The maximum atomic E-state index is 11.8. The molecular weight excluding hydrogens is 302 g/mol. The van der Waals surface area contributed by atoms with Crippen LogP contribution >= 0.6 is 11.3 Å². The number of amides is 1. The van der Waals surface area contributed by atoms with Crippen LogP contribution in [0.3, 0.4) is 0 Å². The molecule has 22 heavy (non-hydrogen) atoms. The van der Waals surface area contributed by atoms with E-state index in [1.54, 1.807) is 26.0 Å². The topological polar surface area (TPSA) is 84.6 Å². The molecule has 2 aromatic rings. The van der Waals surface area contributed by atoms with Crippen molar-refractivity contribution >= 4 is 28.6 Å². The zero-order valence-electron chi connectivity index (χ0n) is 12.2. The number of thiophene rings is 1. The number of nitrogens with one attached hydrogen (secondary N) is 1. The molecule has 0 atom stereocenters. The minimum Gasteiger partial charge on any atom is -0.273 e. The number of hydrogen-bond acceptors (Lipinski definition) is 5. The highest BCUT2D eigenvalue weighted by molar-refractivity contribution is 7.10. The first-order chi connectivity index (χ1) is 10.5. The molecule has 0 saturated carbocycles. The molecule has 0 aliphatic rings. The molecule has 1 aromatic carbocycles. The molecule has 0 aliphatic carbocycles. The van der Waals surface area contributed by atoms with Gasteiger partial charge in [0, 0.05) is 22.1 Å². The molecule has 0 fully saturated rings. The Labute approximate surface area is 131 Å². The van der Waals surface area contributed by atoms with Gasteiger partial charge in [0.2, 0.25) is 5.91 Å². The quantitative estimate of drug-likeness (QED) is 0.522. The third-order valence-electron chi connectivity index (χ3n) is 3.09. The number of carbonyl (C=O) groups is 1. The van der Waals surface area contributed by atoms with Gasteiger partial charge in [-0.2, -0.15) is 5.10 Å². The fourth-order valence-corrected chi connectivity index (χ4v) is 2.56. The van der Waals surface area contributed by atoms with Crippen LogP contribution < -0.4 is 5.43 Å². The van der Waals surface area contributed by atoms with E-state index in [0.717, 1.165) is 4.88 Å². The lowest BCUT2D eigenvalue weighted by Crippen LogP contribution is -2.20. The van der Waals surface area contributed by atoms with Crippen molar-refractivity contribution in [2.45, 2.75) is 20.3 Å². The van der Waals surface area contributed by atoms with E-state index in [-0.39, 0.29) is 18.0 Å². The van der Waals surface area contributed by atoms with E-state index in [1.807, 2.05) is 17.5 Å². The molecular formula is C15H15N3O3S. The zero-order chi connectivity index (χ0) is 16.1. The van der Waals surface area contributed by atoms with Gasteiger partial charge in [-0.3, -0.25) is 14.9 Å². The number of rotatable bonds is 5. The Morgan fingerprint density at radius 1 is 1.41 bits per heavy atom. The summed E-state index contributed by atoms with van der Waals surface area (Å²) in [4.78, 5) is 23.2. The van der Waals surface area contributed by atoms with Gasteiger partial charge in [0.1, 0.15) is 0 Å². The summed E-state index contributed by atoms with van der Waals surface area (Å²) >= 11 is 1.50. The van der Waals surface area contributed by atoms with Gasteiger partial charge >= 0.3 is 0 Å². The summed E-state index contributed by atoms with van der Waals surface area (Å²) in [6.45, 7) is 3.37. The molecule has 1 aromatic heterocycles. The van der Waals surface area contributed by atoms with E-state index >= 15 is 0 Å². The second-order valence-corrected chi connectivity index (χ2v) is 5.78. The second-order valence-electron chi connectivity index (χ2n) is 4.75. The standard InChI is InChI=1S/C15H15N3O3S/c1-10-5-6-12(8-14(10)18(20)21)11(2)16-17-15(19)9-13-4-3-7-22-13/h3-8H,9H2,1-2H3,(H,17,19)/b16-11+. The molecule has 0 saturated heterocycles. The first-order valence-corrected chi connectivity index (χ1v) is 7.46. The number of nitrogens with zero attached hydrogens (tertiary/aromatic N) is 2. The summed E-state index contributed by atoms with van der Waals surface area (Å²) in [5.41, 5.74) is 4.22. The normalized spacial score (nSPS) is 11.3. The first-order valence-electron chi connectivity index (χ1n) is 6.58. The second kappa shape index (κ2) is 6.95. The number of benzene rings is 1. The van der Waals surface area contributed by atoms with E-state index in [4.69, 9.17) is 0 Å². The van der Waals surface area contributed by atoms with Crippen LogP contribution in [0.2, 0.25) is 0 Å². The van der Waals surface area contributed by atoms with Crippen molar-refractivity contribution in [1.29, 1.82) is 0 Å². The lowest BCUT2D eigenvalue weighted by Gasteiger charge is -2.04. The fraction of sp³-hybridized carbons (Fsp3) is 0.200. The van der Waals surface area contributed by atoms with Crippen molar-refractivity contribution in [2.75, 3.05) is 0 Å². The number of aryl methyl sites for hydroxylation is 1. The average molecular weight is 317 g/mol. The Bertz CT molecular complexity index is 724. The Morgan fingerprint density at radius 3 is 2.82 bits per heavy atom. The highest BCUT2D eigenvalue weighted by atomic mass is 32.1. The van der Waals surface area contributed by atoms with Crippen molar-refractivity contribution in [3.05, 3.63) is 61.8 Å². The maximum Gasteiger partial charge on any atom is 0.272 e. The number of nitro benzene ring substituents is 1. The summed E-state index contributed by atoms with van der Waals surface area (Å²) in [5, 5.41) is 16.8. The van der Waals surface area contributed by atoms with Gasteiger partial charge in [0.25, 0.3) is 5.69 Å². The van der Waals surface area contributed by atoms with Crippen molar-refractivity contribution in [1.82, 2.24) is 5.43 Å². The van der Waals surface area contributed by atoms with E-state index in [2.05, 4.69) is 10.5 Å². The van der Waals surface area contributed by atoms with Gasteiger partial charge in [-0.25, -0.2) is 5.43 Å². The molecule has 114 valence electrons. The maximum absolute atomic E-state index is 11.8. The van der Waals surface area contributed by atoms with Gasteiger partial charge in [-0.05, 0) is 25.3 Å². The number of nitro groups is 1. The Morgan fingerprint density at radius 2 is 2.18 bits per heavy atom. The fourth-order valence-electron chi connectivity index (χ4n) is 1.85. The molecule has 1 amide bonds. The number of hydrogen-bond donors (Lipinski definition) is 1. The van der Waals surface area contributed by atoms with E-state index in [9.17, 15) is 14.9 Å². The lowest BCUT2D eigenvalue weighted by atomic mass is 10.1. The summed E-state index contributed by atoms with van der Waals surface area (Å²) in [6.07, 6.45) is 0.266. The molecule has 2 rings (SSSR count). The van der Waals surface area contributed by atoms with Crippen LogP contribution in [0.1, 0.15) is 22.9 Å². The predicted molar refractivity (Wildman–Crippen MR) is 86.2 cm³/mol. The highest BCUT2D eigenvalue weighted by Crippen LogP contribution is 2.19. The van der Waals surface area contributed by atoms with Crippen LogP contribution in [0, 0.1) is 17.0 Å². The summed E-state index contributed by atoms with van der Waals surface area (Å²) in [7, 11) is 0. The summed E-state index contributed by atoms with van der Waals surface area (Å²) in [5.74, 6) is -0.219. The SMILES string of the molecule is C/C(=N\NC(=O)Cc1cccs1)c1ccc(C)c([N+](=O)[O-])c1. The minimum absolute atomic E-state index is 0.0389. The Hall–Kier alpha value is -2.54. The number of carbonyl (C=O) groups excluding carboxylic acids is 1. The Kier molecular flexibility index (Phi) is 5.00. The summed E-state index contributed by atoms with van der Waals surface area (Å²) < 4.78 is 0. The molecule has 0 radical (unpaired) electrons. The van der Waals surface area contributed by atoms with Crippen LogP contribution in [0.15, 0.2) is 40.8 Å². The van der Waals surface area contributed by atoms with Gasteiger partial charge in [0.15, 0.2) is 0 Å².